The Kier molecular flexibility index (Phi) is 5.39. The number of anilines is 2. The van der Waals surface area contributed by atoms with E-state index in [1.54, 1.807) is 7.11 Å². The molecular formula is C21H26N2O2. The number of hydrogen-bond donors (Lipinski definition) is 1. The summed E-state index contributed by atoms with van der Waals surface area (Å²) in [6.07, 6.45) is 2.25. The normalized spacial score (nSPS) is 13.5. The maximum atomic E-state index is 12.6. The summed E-state index contributed by atoms with van der Waals surface area (Å²) >= 11 is 0. The molecule has 132 valence electrons. The van der Waals surface area contributed by atoms with E-state index in [2.05, 4.69) is 29.3 Å². The lowest BCUT2D eigenvalue weighted by atomic mass is 10.0. The Labute approximate surface area is 149 Å². The van der Waals surface area contributed by atoms with E-state index in [0.29, 0.717) is 12.2 Å². The van der Waals surface area contributed by atoms with Crippen LogP contribution in [0, 0.1) is 13.8 Å². The molecule has 1 aliphatic heterocycles. The molecule has 1 aliphatic rings. The molecule has 3 rings (SSSR count). The van der Waals surface area contributed by atoms with Gasteiger partial charge in [0.2, 0.25) is 0 Å². The third kappa shape index (κ3) is 4.02. The molecule has 2 aromatic rings. The van der Waals surface area contributed by atoms with Crippen LogP contribution in [0.5, 0.6) is 0 Å². The predicted octanol–water partition coefficient (Wildman–Crippen LogP) is 3.95. The zero-order chi connectivity index (χ0) is 17.8. The molecule has 0 fully saturated rings. The number of nitrogens with one attached hydrogen (secondary N) is 1. The van der Waals surface area contributed by atoms with Crippen LogP contribution >= 0.6 is 0 Å². The molecule has 0 spiro atoms. The summed E-state index contributed by atoms with van der Waals surface area (Å²) in [4.78, 5) is 14.9. The van der Waals surface area contributed by atoms with Crippen molar-refractivity contribution in [3.8, 4) is 0 Å². The number of nitrogens with zero attached hydrogens (tertiary/aromatic N) is 1. The van der Waals surface area contributed by atoms with E-state index in [-0.39, 0.29) is 5.91 Å². The second-order valence-corrected chi connectivity index (χ2v) is 6.68. The second-order valence-electron chi connectivity index (χ2n) is 6.68. The van der Waals surface area contributed by atoms with E-state index >= 15 is 0 Å². The lowest BCUT2D eigenvalue weighted by molar-refractivity contribution is 0.102. The van der Waals surface area contributed by atoms with Gasteiger partial charge in [-0.05, 0) is 67.6 Å². The van der Waals surface area contributed by atoms with E-state index in [4.69, 9.17) is 4.74 Å². The van der Waals surface area contributed by atoms with Crippen molar-refractivity contribution in [2.24, 2.45) is 0 Å². The Morgan fingerprint density at radius 2 is 2.00 bits per heavy atom. The van der Waals surface area contributed by atoms with Gasteiger partial charge in [-0.1, -0.05) is 12.1 Å². The molecule has 0 unspecified atom stereocenters. The number of benzene rings is 2. The minimum absolute atomic E-state index is 0.0673. The summed E-state index contributed by atoms with van der Waals surface area (Å²) in [5, 5.41) is 3.03. The number of ether oxygens (including phenoxy) is 1. The van der Waals surface area contributed by atoms with E-state index < -0.39 is 0 Å². The maximum Gasteiger partial charge on any atom is 0.255 e. The molecule has 1 heterocycles. The average Bonchev–Trinajstić information content (AvgIpc) is 2.62. The molecule has 0 saturated carbocycles. The van der Waals surface area contributed by atoms with Crippen LogP contribution in [0.25, 0.3) is 0 Å². The van der Waals surface area contributed by atoms with Gasteiger partial charge in [-0.2, -0.15) is 0 Å². The third-order valence-corrected chi connectivity index (χ3v) is 4.89. The summed E-state index contributed by atoms with van der Waals surface area (Å²) in [5.74, 6) is -0.0673. The van der Waals surface area contributed by atoms with Gasteiger partial charge in [0.05, 0.1) is 6.61 Å². The quantitative estimate of drug-likeness (QED) is 0.897. The fraction of sp³-hybridized carbons (Fsp3) is 0.381. The van der Waals surface area contributed by atoms with Gasteiger partial charge in [0.25, 0.3) is 5.91 Å². The van der Waals surface area contributed by atoms with Gasteiger partial charge in [-0.3, -0.25) is 4.79 Å². The highest BCUT2D eigenvalue weighted by molar-refractivity contribution is 6.04. The van der Waals surface area contributed by atoms with Gasteiger partial charge >= 0.3 is 0 Å². The molecule has 0 radical (unpaired) electrons. The van der Waals surface area contributed by atoms with Crippen LogP contribution in [0.1, 0.15) is 33.5 Å². The van der Waals surface area contributed by atoms with Gasteiger partial charge in [-0.25, -0.2) is 0 Å². The van der Waals surface area contributed by atoms with Gasteiger partial charge < -0.3 is 15.0 Å². The molecule has 1 amide bonds. The number of fused-ring (bicyclic) bond motifs is 1. The standard InChI is InChI=1S/C21H26N2O2/c1-15-6-7-18(13-16(15)2)21(24)22-19-9-8-17-5-4-10-23(11-12-25-3)20(17)14-19/h6-9,13-14H,4-5,10-12H2,1-3H3,(H,22,24). The average molecular weight is 338 g/mol. The van der Waals surface area contributed by atoms with E-state index in [9.17, 15) is 4.79 Å². The van der Waals surface area contributed by atoms with Gasteiger partial charge in [0.1, 0.15) is 0 Å². The minimum atomic E-state index is -0.0673. The molecule has 0 bridgehead atoms. The number of carbonyl (C=O) groups is 1. The maximum absolute atomic E-state index is 12.6. The second kappa shape index (κ2) is 7.70. The van der Waals surface area contributed by atoms with Crippen molar-refractivity contribution in [3.05, 3.63) is 58.7 Å². The summed E-state index contributed by atoms with van der Waals surface area (Å²) < 4.78 is 5.22. The highest BCUT2D eigenvalue weighted by Crippen LogP contribution is 2.30. The fourth-order valence-corrected chi connectivity index (χ4v) is 3.25. The lowest BCUT2D eigenvalue weighted by Crippen LogP contribution is -2.32. The molecule has 4 heteroatoms. The van der Waals surface area contributed by atoms with Crippen molar-refractivity contribution in [1.29, 1.82) is 0 Å². The SMILES string of the molecule is COCCN1CCCc2ccc(NC(=O)c3ccc(C)c(C)c3)cc21. The number of rotatable bonds is 5. The summed E-state index contributed by atoms with van der Waals surface area (Å²) in [7, 11) is 1.73. The molecule has 25 heavy (non-hydrogen) atoms. The Morgan fingerprint density at radius 3 is 2.76 bits per heavy atom. The number of hydrogen-bond acceptors (Lipinski definition) is 3. The van der Waals surface area contributed by atoms with Crippen molar-refractivity contribution >= 4 is 17.3 Å². The van der Waals surface area contributed by atoms with Crippen LogP contribution in [0.15, 0.2) is 36.4 Å². The monoisotopic (exact) mass is 338 g/mol. The van der Waals surface area contributed by atoms with E-state index in [1.807, 2.05) is 31.2 Å². The highest BCUT2D eigenvalue weighted by atomic mass is 16.5. The zero-order valence-corrected chi connectivity index (χ0v) is 15.3. The fourth-order valence-electron chi connectivity index (χ4n) is 3.25. The van der Waals surface area contributed by atoms with Crippen molar-refractivity contribution in [1.82, 2.24) is 0 Å². The van der Waals surface area contributed by atoms with Gasteiger partial charge in [0.15, 0.2) is 0 Å². The smallest absolute Gasteiger partial charge is 0.255 e. The number of amides is 1. The van der Waals surface area contributed by atoms with Crippen LogP contribution in [0.2, 0.25) is 0 Å². The molecule has 0 aromatic heterocycles. The van der Waals surface area contributed by atoms with Crippen molar-refractivity contribution in [3.63, 3.8) is 0 Å². The first-order chi connectivity index (χ1) is 12.1. The molecule has 0 atom stereocenters. The number of aryl methyl sites for hydroxylation is 3. The first-order valence-electron chi connectivity index (χ1n) is 8.84. The molecule has 0 saturated heterocycles. The van der Waals surface area contributed by atoms with Crippen LogP contribution in [0.3, 0.4) is 0 Å². The van der Waals surface area contributed by atoms with Gasteiger partial charge in [-0.15, -0.1) is 0 Å². The topological polar surface area (TPSA) is 41.6 Å². The molecule has 1 N–H and O–H groups in total. The summed E-state index contributed by atoms with van der Waals surface area (Å²) in [6.45, 7) is 6.69. The van der Waals surface area contributed by atoms with Crippen LogP contribution in [0.4, 0.5) is 11.4 Å². The first-order valence-corrected chi connectivity index (χ1v) is 8.84. The van der Waals surface area contributed by atoms with Gasteiger partial charge in [0, 0.05) is 37.1 Å². The van der Waals surface area contributed by atoms with Crippen LogP contribution < -0.4 is 10.2 Å². The van der Waals surface area contributed by atoms with E-state index in [0.717, 1.165) is 37.2 Å². The van der Waals surface area contributed by atoms with Crippen LogP contribution in [-0.2, 0) is 11.2 Å². The molecule has 2 aromatic carbocycles. The Hall–Kier alpha value is -2.33. The Balaban J connectivity index is 1.79. The molecule has 4 nitrogen and oxygen atoms in total. The summed E-state index contributed by atoms with van der Waals surface area (Å²) in [6, 6.07) is 12.0. The largest absolute Gasteiger partial charge is 0.383 e. The molecule has 0 aliphatic carbocycles. The van der Waals surface area contributed by atoms with E-state index in [1.165, 1.54) is 16.8 Å². The number of methoxy groups -OCH3 is 1. The predicted molar refractivity (Wildman–Crippen MR) is 103 cm³/mol. The van der Waals surface area contributed by atoms with Crippen molar-refractivity contribution < 1.29 is 9.53 Å². The van der Waals surface area contributed by atoms with Crippen LogP contribution in [-0.4, -0.2) is 32.7 Å². The minimum Gasteiger partial charge on any atom is -0.383 e. The Bertz CT molecular complexity index is 770. The van der Waals surface area contributed by atoms with Crippen molar-refractivity contribution in [2.45, 2.75) is 26.7 Å². The summed E-state index contributed by atoms with van der Waals surface area (Å²) in [5.41, 5.74) is 6.40. The first kappa shape index (κ1) is 17.5. The zero-order valence-electron chi connectivity index (χ0n) is 15.3. The third-order valence-electron chi connectivity index (χ3n) is 4.89. The Morgan fingerprint density at radius 1 is 1.16 bits per heavy atom. The molecular weight excluding hydrogens is 312 g/mol. The number of carbonyl (C=O) groups excluding carboxylic acids is 1. The van der Waals surface area contributed by atoms with Crippen molar-refractivity contribution in [2.75, 3.05) is 37.0 Å². The lowest BCUT2D eigenvalue weighted by Gasteiger charge is -2.31. The highest BCUT2D eigenvalue weighted by Gasteiger charge is 2.17.